The van der Waals surface area contributed by atoms with Gasteiger partial charge in [0.05, 0.1) is 5.69 Å². The Morgan fingerprint density at radius 1 is 1.34 bits per heavy atom. The van der Waals surface area contributed by atoms with Crippen LogP contribution in [0.5, 0.6) is 0 Å². The normalized spacial score (nSPS) is 13.3. The van der Waals surface area contributed by atoms with Crippen molar-refractivity contribution in [2.24, 2.45) is 4.99 Å². The molecule has 0 aliphatic heterocycles. The van der Waals surface area contributed by atoms with Gasteiger partial charge in [0.1, 0.15) is 23.9 Å². The number of hydrogen-bond acceptors (Lipinski definition) is 7. The molecule has 1 aromatic heterocycles. The van der Waals surface area contributed by atoms with Crippen LogP contribution in [-0.4, -0.2) is 52.1 Å². The van der Waals surface area contributed by atoms with E-state index in [9.17, 15) is 9.18 Å². The zero-order chi connectivity index (χ0) is 21.6. The fraction of sp³-hybridized carbons (Fsp3) is 0.500. The van der Waals surface area contributed by atoms with Crippen molar-refractivity contribution in [3.05, 3.63) is 36.6 Å². The number of hydrogen-bond donors (Lipinski definition) is 4. The second-order valence-electron chi connectivity index (χ2n) is 6.67. The Bertz CT molecular complexity index is 734. The number of alkyl halides is 1. The largest absolute Gasteiger partial charge is 0.396 e. The van der Waals surface area contributed by atoms with Crippen molar-refractivity contribution in [2.45, 2.75) is 52.8 Å². The number of anilines is 1. The van der Waals surface area contributed by atoms with Crippen molar-refractivity contribution >= 4 is 23.1 Å². The number of aliphatic hydroxyl groups is 1. The van der Waals surface area contributed by atoms with Crippen molar-refractivity contribution < 1.29 is 14.3 Å². The highest BCUT2D eigenvalue weighted by Gasteiger charge is 2.11. The van der Waals surface area contributed by atoms with Gasteiger partial charge in [-0.05, 0) is 52.6 Å². The van der Waals surface area contributed by atoms with Crippen LogP contribution in [0.4, 0.5) is 15.9 Å². The third-order valence-electron chi connectivity index (χ3n) is 3.67. The second kappa shape index (κ2) is 13.4. The molecule has 0 fully saturated rings. The van der Waals surface area contributed by atoms with Gasteiger partial charge in [0.25, 0.3) is 5.91 Å². The molecule has 29 heavy (non-hydrogen) atoms. The minimum atomic E-state index is -1.10. The molecule has 1 heterocycles. The van der Waals surface area contributed by atoms with Crippen LogP contribution in [0.1, 0.15) is 39.3 Å². The first-order chi connectivity index (χ1) is 13.8. The Hall–Kier alpha value is -2.81. The molecule has 1 amide bonds. The van der Waals surface area contributed by atoms with Crippen LogP contribution in [0.3, 0.4) is 0 Å². The van der Waals surface area contributed by atoms with Crippen LogP contribution in [0.25, 0.3) is 0 Å². The maximum absolute atomic E-state index is 13.8. The van der Waals surface area contributed by atoms with Gasteiger partial charge in [-0.15, -0.1) is 0 Å². The van der Waals surface area contributed by atoms with Crippen molar-refractivity contribution in [1.82, 2.24) is 20.6 Å². The van der Waals surface area contributed by atoms with E-state index in [2.05, 4.69) is 30.9 Å². The summed E-state index contributed by atoms with van der Waals surface area (Å²) in [6.07, 6.45) is 7.30. The first-order valence-electron chi connectivity index (χ1n) is 9.59. The minimum Gasteiger partial charge on any atom is -0.396 e. The van der Waals surface area contributed by atoms with E-state index >= 15 is 0 Å². The molecule has 0 radical (unpaired) electrons. The lowest BCUT2D eigenvalue weighted by Gasteiger charge is -2.08. The molecule has 0 aliphatic carbocycles. The summed E-state index contributed by atoms with van der Waals surface area (Å²) in [5.41, 5.74) is 1.29. The van der Waals surface area contributed by atoms with Gasteiger partial charge >= 0.3 is 0 Å². The maximum atomic E-state index is 13.8. The van der Waals surface area contributed by atoms with Crippen LogP contribution in [0.2, 0.25) is 0 Å². The molecule has 0 aromatic carbocycles. The zero-order valence-corrected chi connectivity index (χ0v) is 17.4. The molecule has 0 saturated carbocycles. The molecule has 1 unspecified atom stereocenters. The number of rotatable bonds is 12. The summed E-state index contributed by atoms with van der Waals surface area (Å²) in [5.74, 6) is 0.0916. The summed E-state index contributed by atoms with van der Waals surface area (Å²) >= 11 is 0. The van der Waals surface area contributed by atoms with Gasteiger partial charge in [-0.2, -0.15) is 0 Å². The Morgan fingerprint density at radius 3 is 2.79 bits per heavy atom. The SMILES string of the molecule is C/C(=N\c1c(C)ncnc1N/C=C/CC(F)/C=C/NC(C)C)C(=O)NCCCO. The highest BCUT2D eigenvalue weighted by molar-refractivity contribution is 6.38. The number of aryl methyl sites for hydroxylation is 1. The molecule has 0 spiro atoms. The first-order valence-corrected chi connectivity index (χ1v) is 9.59. The van der Waals surface area contributed by atoms with E-state index < -0.39 is 6.17 Å². The monoisotopic (exact) mass is 406 g/mol. The predicted octanol–water partition coefficient (Wildman–Crippen LogP) is 2.54. The molecule has 4 N–H and O–H groups in total. The van der Waals surface area contributed by atoms with E-state index in [1.54, 1.807) is 32.3 Å². The van der Waals surface area contributed by atoms with Gasteiger partial charge in [0.2, 0.25) is 0 Å². The molecule has 8 nitrogen and oxygen atoms in total. The van der Waals surface area contributed by atoms with Gasteiger partial charge in [0, 0.05) is 25.6 Å². The average Bonchev–Trinajstić information content (AvgIpc) is 2.67. The number of aliphatic hydroxyl groups excluding tert-OH is 1. The molecule has 0 bridgehead atoms. The number of allylic oxidation sites excluding steroid dienone is 2. The van der Waals surface area contributed by atoms with E-state index in [1.807, 2.05) is 13.8 Å². The van der Waals surface area contributed by atoms with E-state index in [0.717, 1.165) is 0 Å². The highest BCUT2D eigenvalue weighted by Crippen LogP contribution is 2.25. The molecule has 1 atom stereocenters. The topological polar surface area (TPSA) is 112 Å². The maximum Gasteiger partial charge on any atom is 0.265 e. The Labute approximate surface area is 171 Å². The standard InChI is InChI=1S/C20H31FN6O2/c1-14(2)22-11-8-17(21)7-5-9-23-19-18(15(3)25-13-26-19)27-16(4)20(29)24-10-6-12-28/h5,8-9,11,13-14,17,22,28H,6-7,10,12H2,1-4H3,(H,24,29)(H,23,25,26)/b9-5+,11-8+,27-16+. The average molecular weight is 407 g/mol. The van der Waals surface area contributed by atoms with E-state index in [4.69, 9.17) is 5.11 Å². The van der Waals surface area contributed by atoms with E-state index in [1.165, 1.54) is 12.4 Å². The third-order valence-corrected chi connectivity index (χ3v) is 3.67. The van der Waals surface area contributed by atoms with Crippen LogP contribution in [0, 0.1) is 6.92 Å². The van der Waals surface area contributed by atoms with Gasteiger partial charge < -0.3 is 21.1 Å². The summed E-state index contributed by atoms with van der Waals surface area (Å²) in [7, 11) is 0. The number of carbonyl (C=O) groups excluding carboxylic acids is 1. The number of amides is 1. The van der Waals surface area contributed by atoms with Gasteiger partial charge in [-0.25, -0.2) is 19.4 Å². The van der Waals surface area contributed by atoms with Crippen molar-refractivity contribution in [3.8, 4) is 0 Å². The lowest BCUT2D eigenvalue weighted by atomic mass is 10.2. The van der Waals surface area contributed by atoms with Crippen molar-refractivity contribution in [2.75, 3.05) is 18.5 Å². The molecular formula is C20H31FN6O2. The fourth-order valence-electron chi connectivity index (χ4n) is 2.10. The quantitative estimate of drug-likeness (QED) is 0.314. The summed E-state index contributed by atoms with van der Waals surface area (Å²) in [4.78, 5) is 24.7. The summed E-state index contributed by atoms with van der Waals surface area (Å²) < 4.78 is 13.8. The third kappa shape index (κ3) is 9.79. The Balaban J connectivity index is 2.74. The molecular weight excluding hydrogens is 375 g/mol. The summed E-state index contributed by atoms with van der Waals surface area (Å²) in [6, 6.07) is 0.260. The fourth-order valence-corrected chi connectivity index (χ4v) is 2.10. The Kier molecular flexibility index (Phi) is 11.2. The van der Waals surface area contributed by atoms with Crippen LogP contribution < -0.4 is 16.0 Å². The highest BCUT2D eigenvalue weighted by atomic mass is 19.1. The van der Waals surface area contributed by atoms with Crippen molar-refractivity contribution in [3.63, 3.8) is 0 Å². The number of aromatic nitrogens is 2. The summed E-state index contributed by atoms with van der Waals surface area (Å²) in [6.45, 7) is 7.68. The number of nitrogens with one attached hydrogen (secondary N) is 3. The molecule has 1 aromatic rings. The molecule has 0 aliphatic rings. The smallest absolute Gasteiger partial charge is 0.265 e. The molecule has 1 rings (SSSR count). The molecule has 9 heteroatoms. The Morgan fingerprint density at radius 2 is 2.10 bits per heavy atom. The molecule has 160 valence electrons. The second-order valence-corrected chi connectivity index (χ2v) is 6.67. The predicted molar refractivity (Wildman–Crippen MR) is 114 cm³/mol. The summed E-state index contributed by atoms with van der Waals surface area (Å²) in [5, 5.41) is 17.4. The number of aliphatic imine (C=N–C) groups is 1. The number of halogens is 1. The van der Waals surface area contributed by atoms with Crippen LogP contribution in [-0.2, 0) is 4.79 Å². The van der Waals surface area contributed by atoms with Crippen LogP contribution >= 0.6 is 0 Å². The van der Waals surface area contributed by atoms with Crippen LogP contribution in [0.15, 0.2) is 35.9 Å². The van der Waals surface area contributed by atoms with Crippen molar-refractivity contribution in [1.29, 1.82) is 0 Å². The lowest BCUT2D eigenvalue weighted by molar-refractivity contribution is -0.114. The van der Waals surface area contributed by atoms with Gasteiger partial charge in [-0.3, -0.25) is 4.79 Å². The van der Waals surface area contributed by atoms with E-state index in [0.29, 0.717) is 30.2 Å². The lowest BCUT2D eigenvalue weighted by Crippen LogP contribution is -2.30. The minimum absolute atomic E-state index is 0.00622. The number of carbonyl (C=O) groups is 1. The first kappa shape index (κ1) is 24.2. The van der Waals surface area contributed by atoms with E-state index in [-0.39, 0.29) is 30.7 Å². The number of nitrogens with zero attached hydrogens (tertiary/aromatic N) is 3. The molecule has 0 saturated heterocycles. The van der Waals surface area contributed by atoms with Gasteiger partial charge in [-0.1, -0.05) is 6.08 Å². The zero-order valence-electron chi connectivity index (χ0n) is 17.4. The van der Waals surface area contributed by atoms with Gasteiger partial charge in [0.15, 0.2) is 5.82 Å².